The summed E-state index contributed by atoms with van der Waals surface area (Å²) in [7, 11) is 0. The third-order valence-electron chi connectivity index (χ3n) is 8.84. The summed E-state index contributed by atoms with van der Waals surface area (Å²) in [5, 5.41) is 12.7. The minimum atomic E-state index is -1.24. The van der Waals surface area contributed by atoms with E-state index in [4.69, 9.17) is 19.7 Å². The zero-order valence-corrected chi connectivity index (χ0v) is 28.0. The Bertz CT molecular complexity index is 2170. The molecule has 0 amide bonds. The van der Waals surface area contributed by atoms with Gasteiger partial charge in [0.15, 0.2) is 5.60 Å². The van der Waals surface area contributed by atoms with Crippen molar-refractivity contribution >= 4 is 23.2 Å². The van der Waals surface area contributed by atoms with Crippen LogP contribution in [-0.2, 0) is 16.9 Å². The molecule has 51 heavy (non-hydrogen) atoms. The summed E-state index contributed by atoms with van der Waals surface area (Å²) in [4.78, 5) is 19.5. The quantitative estimate of drug-likeness (QED) is 0.0584. The number of hydrazone groups is 1. The SMILES string of the molecule is CCOc1nc2cccc(C(=O)OC(c3ccccc3)(c3ccccc3)c3ccccc3)c2n1Cc1ccc(-c2ccccc2C=NNO)cc1. The Balaban J connectivity index is 1.31. The molecule has 7 rings (SSSR count). The highest BCUT2D eigenvalue weighted by atomic mass is 16.6. The predicted molar refractivity (Wildman–Crippen MR) is 199 cm³/mol. The number of carbonyl (C=O) groups is 1. The monoisotopic (exact) mass is 672 g/mol. The highest BCUT2D eigenvalue weighted by Crippen LogP contribution is 2.42. The molecule has 6 aromatic carbocycles. The molecule has 0 atom stereocenters. The molecular formula is C43H36N4O4. The summed E-state index contributed by atoms with van der Waals surface area (Å²) in [6, 6.07) is 51.4. The minimum Gasteiger partial charge on any atom is -0.465 e. The molecule has 0 fully saturated rings. The number of benzene rings is 6. The van der Waals surface area contributed by atoms with E-state index in [1.54, 1.807) is 12.3 Å². The zero-order valence-electron chi connectivity index (χ0n) is 28.0. The van der Waals surface area contributed by atoms with Crippen LogP contribution < -0.4 is 10.3 Å². The van der Waals surface area contributed by atoms with Crippen molar-refractivity contribution in [3.8, 4) is 17.1 Å². The molecule has 0 bridgehead atoms. The Morgan fingerprint density at radius 2 is 1.35 bits per heavy atom. The lowest BCUT2D eigenvalue weighted by Gasteiger charge is -2.35. The van der Waals surface area contributed by atoms with Crippen LogP contribution in [0, 0.1) is 0 Å². The fraction of sp³-hybridized carbons (Fsp3) is 0.0930. The Labute approximate surface area is 296 Å². The van der Waals surface area contributed by atoms with Crippen molar-refractivity contribution in [1.29, 1.82) is 0 Å². The summed E-state index contributed by atoms with van der Waals surface area (Å²) in [6.07, 6.45) is 1.57. The molecule has 252 valence electrons. The summed E-state index contributed by atoms with van der Waals surface area (Å²) < 4.78 is 14.8. The molecule has 7 aromatic rings. The number of ether oxygens (including phenoxy) is 2. The van der Waals surface area contributed by atoms with Crippen LogP contribution >= 0.6 is 0 Å². The summed E-state index contributed by atoms with van der Waals surface area (Å²) in [6.45, 7) is 2.71. The molecule has 1 aromatic heterocycles. The predicted octanol–water partition coefficient (Wildman–Crippen LogP) is 8.61. The van der Waals surface area contributed by atoms with Crippen molar-refractivity contribution < 1.29 is 19.5 Å². The van der Waals surface area contributed by atoms with Gasteiger partial charge in [0.05, 0.1) is 36.0 Å². The molecule has 0 radical (unpaired) electrons. The minimum absolute atomic E-state index is 0.375. The van der Waals surface area contributed by atoms with Crippen LogP contribution in [0.4, 0.5) is 0 Å². The second kappa shape index (κ2) is 14.9. The number of imidazole rings is 1. The van der Waals surface area contributed by atoms with Gasteiger partial charge in [0.1, 0.15) is 0 Å². The number of nitrogens with one attached hydrogen (secondary N) is 1. The van der Waals surface area contributed by atoms with Crippen LogP contribution in [-0.4, -0.2) is 33.5 Å². The van der Waals surface area contributed by atoms with Gasteiger partial charge in [0.25, 0.3) is 6.01 Å². The van der Waals surface area contributed by atoms with E-state index in [2.05, 4.69) is 5.10 Å². The third-order valence-corrected chi connectivity index (χ3v) is 8.84. The standard InChI is InChI=1S/C43H36N4O4/c1-2-50-42-45-39-24-14-23-38(40(39)47(42)30-31-25-27-32(28-26-31)37-22-13-12-15-33(37)29-44-46-49)41(48)51-43(34-16-6-3-7-17-34,35-18-8-4-9-19-35)36-20-10-5-11-21-36/h3-29,46,49H,2,30H2,1H3. The number of carbonyl (C=O) groups excluding carboxylic acids is 1. The van der Waals surface area contributed by atoms with Gasteiger partial charge in [-0.2, -0.15) is 15.7 Å². The highest BCUT2D eigenvalue weighted by molar-refractivity contribution is 6.03. The Morgan fingerprint density at radius 3 is 1.94 bits per heavy atom. The Kier molecular flexibility index (Phi) is 9.67. The normalized spacial score (nSPS) is 11.5. The summed E-state index contributed by atoms with van der Waals surface area (Å²) in [5.74, 6) is -0.493. The topological polar surface area (TPSA) is 98.0 Å². The largest absolute Gasteiger partial charge is 0.465 e. The van der Waals surface area contributed by atoms with Crippen LogP contribution in [0.25, 0.3) is 22.2 Å². The number of aromatic nitrogens is 2. The van der Waals surface area contributed by atoms with Crippen LogP contribution in [0.1, 0.15) is 45.1 Å². The van der Waals surface area contributed by atoms with Crippen LogP contribution in [0.3, 0.4) is 0 Å². The van der Waals surface area contributed by atoms with Crippen molar-refractivity contribution in [2.45, 2.75) is 19.1 Å². The number of hydrogen-bond acceptors (Lipinski definition) is 7. The fourth-order valence-corrected chi connectivity index (χ4v) is 6.55. The number of nitrogens with zero attached hydrogens (tertiary/aromatic N) is 3. The molecule has 1 heterocycles. The lowest BCUT2D eigenvalue weighted by atomic mass is 9.80. The zero-order chi connectivity index (χ0) is 35.0. The van der Waals surface area contributed by atoms with E-state index in [0.29, 0.717) is 35.8 Å². The van der Waals surface area contributed by atoms with Gasteiger partial charge in [-0.05, 0) is 35.7 Å². The molecule has 8 nitrogen and oxygen atoms in total. The van der Waals surface area contributed by atoms with E-state index in [1.807, 2.05) is 169 Å². The molecular weight excluding hydrogens is 636 g/mol. The number of hydrogen-bond donors (Lipinski definition) is 2. The number of para-hydroxylation sites is 1. The smallest absolute Gasteiger partial charge is 0.341 e. The van der Waals surface area contributed by atoms with Gasteiger partial charge in [-0.15, -0.1) is 0 Å². The number of fused-ring (bicyclic) bond motifs is 1. The second-order valence-corrected chi connectivity index (χ2v) is 11.9. The summed E-state index contributed by atoms with van der Waals surface area (Å²) in [5.41, 5.74) is 8.48. The maximum atomic E-state index is 14.7. The lowest BCUT2D eigenvalue weighted by Crippen LogP contribution is -2.35. The molecule has 0 spiro atoms. The van der Waals surface area contributed by atoms with Gasteiger partial charge < -0.3 is 9.47 Å². The van der Waals surface area contributed by atoms with Gasteiger partial charge >= 0.3 is 5.97 Å². The van der Waals surface area contributed by atoms with E-state index < -0.39 is 11.6 Å². The van der Waals surface area contributed by atoms with E-state index in [0.717, 1.165) is 38.9 Å². The molecule has 0 saturated carbocycles. The molecule has 0 unspecified atom stereocenters. The maximum absolute atomic E-state index is 14.7. The van der Waals surface area contributed by atoms with Gasteiger partial charge in [-0.3, -0.25) is 9.77 Å². The van der Waals surface area contributed by atoms with Gasteiger partial charge in [-0.25, -0.2) is 4.79 Å². The molecule has 0 aliphatic carbocycles. The van der Waals surface area contributed by atoms with Gasteiger partial charge in [-0.1, -0.05) is 146 Å². The average molecular weight is 673 g/mol. The third kappa shape index (κ3) is 6.60. The first-order valence-corrected chi connectivity index (χ1v) is 16.7. The van der Waals surface area contributed by atoms with Crippen molar-refractivity contribution in [2.24, 2.45) is 5.10 Å². The van der Waals surface area contributed by atoms with Crippen molar-refractivity contribution in [2.75, 3.05) is 6.61 Å². The van der Waals surface area contributed by atoms with Crippen molar-refractivity contribution in [1.82, 2.24) is 15.1 Å². The van der Waals surface area contributed by atoms with Gasteiger partial charge in [0.2, 0.25) is 0 Å². The van der Waals surface area contributed by atoms with E-state index >= 15 is 0 Å². The van der Waals surface area contributed by atoms with Crippen LogP contribution in [0.5, 0.6) is 6.01 Å². The Hall–Kier alpha value is -6.51. The second-order valence-electron chi connectivity index (χ2n) is 11.9. The first-order valence-electron chi connectivity index (χ1n) is 16.7. The highest BCUT2D eigenvalue weighted by Gasteiger charge is 2.41. The number of esters is 1. The molecule has 8 heteroatoms. The van der Waals surface area contributed by atoms with Gasteiger partial charge in [0, 0.05) is 22.3 Å². The number of rotatable bonds is 12. The summed E-state index contributed by atoms with van der Waals surface area (Å²) >= 11 is 0. The van der Waals surface area contributed by atoms with E-state index in [-0.39, 0.29) is 0 Å². The Morgan fingerprint density at radius 1 is 0.765 bits per heavy atom. The molecule has 0 saturated heterocycles. The van der Waals surface area contributed by atoms with Crippen molar-refractivity contribution in [3.05, 3.63) is 191 Å². The molecule has 2 N–H and O–H groups in total. The molecule has 0 aliphatic rings. The fourth-order valence-electron chi connectivity index (χ4n) is 6.55. The van der Waals surface area contributed by atoms with Crippen LogP contribution in [0.2, 0.25) is 0 Å². The maximum Gasteiger partial charge on any atom is 0.341 e. The van der Waals surface area contributed by atoms with E-state index in [1.165, 1.54) is 0 Å². The van der Waals surface area contributed by atoms with E-state index in [9.17, 15) is 4.79 Å². The van der Waals surface area contributed by atoms with Crippen molar-refractivity contribution in [3.63, 3.8) is 0 Å². The first-order chi connectivity index (χ1) is 25.1. The molecule has 0 aliphatic heterocycles. The average Bonchev–Trinajstić information content (AvgIpc) is 3.54. The first kappa shape index (κ1) is 33.0. The lowest BCUT2D eigenvalue weighted by molar-refractivity contribution is 0.0143. The van der Waals surface area contributed by atoms with Crippen LogP contribution in [0.15, 0.2) is 163 Å².